The van der Waals surface area contributed by atoms with Gasteiger partial charge in [0.15, 0.2) is 0 Å². The number of fused-ring (bicyclic) bond motifs is 1. The molecule has 1 aliphatic heterocycles. The maximum absolute atomic E-state index is 11.9. The summed E-state index contributed by atoms with van der Waals surface area (Å²) in [6.07, 6.45) is 4.44. The summed E-state index contributed by atoms with van der Waals surface area (Å²) in [4.78, 5) is 30.1. The van der Waals surface area contributed by atoms with Crippen LogP contribution in [0.5, 0.6) is 17.6 Å². The van der Waals surface area contributed by atoms with Crippen LogP contribution in [-0.2, 0) is 24.2 Å². The molecule has 0 saturated carbocycles. The van der Waals surface area contributed by atoms with Crippen molar-refractivity contribution in [2.24, 2.45) is 10.4 Å². The third-order valence-corrected chi connectivity index (χ3v) is 11.2. The van der Waals surface area contributed by atoms with Crippen molar-refractivity contribution in [2.45, 2.75) is 45.3 Å². The first kappa shape index (κ1) is 38.7. The Balaban J connectivity index is 1.17. The predicted molar refractivity (Wildman–Crippen MR) is 214 cm³/mol. The Morgan fingerprint density at radius 2 is 1.86 bits per heavy atom. The molecule has 14 heteroatoms. The molecule has 0 spiro atoms. The zero-order valence-electron chi connectivity index (χ0n) is 30.7. The minimum atomic E-state index is -1.37. The lowest BCUT2D eigenvalue weighted by Crippen LogP contribution is -2.32. The third-order valence-electron chi connectivity index (χ3n) is 10.1. The summed E-state index contributed by atoms with van der Waals surface area (Å²) < 4.78 is 19.3. The number of carboxylic acid groups (broad SMARTS) is 1. The number of hydrogen-bond acceptors (Lipinski definition) is 11. The van der Waals surface area contributed by atoms with Crippen molar-refractivity contribution < 1.29 is 29.2 Å². The molecule has 2 atom stereocenters. The fourth-order valence-corrected chi connectivity index (χ4v) is 7.79. The highest BCUT2D eigenvalue weighted by molar-refractivity contribution is 9.10. The van der Waals surface area contributed by atoms with Gasteiger partial charge < -0.3 is 29.7 Å². The van der Waals surface area contributed by atoms with Gasteiger partial charge in [0.2, 0.25) is 17.6 Å². The zero-order chi connectivity index (χ0) is 39.4. The molecule has 12 nitrogen and oxygen atoms in total. The smallest absolute Gasteiger partial charge is 0.311 e. The number of aliphatic carboxylic acids is 1. The van der Waals surface area contributed by atoms with E-state index in [9.17, 15) is 20.3 Å². The number of pyridine rings is 3. The standard InChI is InChI=1S/C42H38BrClN6O6/c1-42(23-51,41(52)53)14-13-26-18-33(44)40(50-38(26)55-22-25-17-24(19-45)20-46-21-25)56-35-12-10-28-27(5-3-6-29(28)35)30-7-4-8-31(36(30)43)34-11-9-32(39(49-34)54-2)37-47-15-16-48-37/h3-9,11,17-18,20-21,35,51H,10,12-16,22-23H2,1-2H3,(H,47,48)(H,52,53)/t35-,42-/m0/s1. The first-order chi connectivity index (χ1) is 27.1. The maximum atomic E-state index is 11.9. The molecule has 0 bridgehead atoms. The van der Waals surface area contributed by atoms with E-state index >= 15 is 0 Å². The molecule has 7 rings (SSSR count). The van der Waals surface area contributed by atoms with Crippen molar-refractivity contribution in [3.63, 3.8) is 0 Å². The second-order valence-electron chi connectivity index (χ2n) is 13.8. The van der Waals surface area contributed by atoms with E-state index in [1.165, 1.54) is 13.1 Å². The van der Waals surface area contributed by atoms with Gasteiger partial charge in [-0.25, -0.2) is 4.98 Å². The number of rotatable bonds is 14. The van der Waals surface area contributed by atoms with E-state index in [4.69, 9.17) is 35.8 Å². The molecule has 0 amide bonds. The number of halogens is 2. The van der Waals surface area contributed by atoms with Crippen molar-refractivity contribution in [3.05, 3.63) is 116 Å². The number of aromatic nitrogens is 3. The Morgan fingerprint density at radius 3 is 2.61 bits per heavy atom. The quantitative estimate of drug-likeness (QED) is 0.101. The molecule has 3 N–H and O–H groups in total. The highest BCUT2D eigenvalue weighted by atomic mass is 79.9. The van der Waals surface area contributed by atoms with Gasteiger partial charge in [-0.2, -0.15) is 10.2 Å². The molecule has 0 fully saturated rings. The number of carbonyl (C=O) groups is 1. The number of amidine groups is 1. The van der Waals surface area contributed by atoms with Crippen LogP contribution in [-0.4, -0.2) is 63.8 Å². The number of aryl methyl sites for hydroxylation is 1. The lowest BCUT2D eigenvalue weighted by molar-refractivity contribution is -0.150. The van der Waals surface area contributed by atoms with Gasteiger partial charge in [0.05, 0.1) is 42.5 Å². The Morgan fingerprint density at radius 1 is 1.05 bits per heavy atom. The molecule has 4 heterocycles. The minimum absolute atomic E-state index is 0.0439. The number of ether oxygens (including phenoxy) is 3. The maximum Gasteiger partial charge on any atom is 0.311 e. The Bertz CT molecular complexity index is 2390. The summed E-state index contributed by atoms with van der Waals surface area (Å²) in [6.45, 7) is 2.49. The topological polar surface area (TPSA) is 172 Å². The summed E-state index contributed by atoms with van der Waals surface area (Å²) in [6, 6.07) is 21.6. The van der Waals surface area contributed by atoms with E-state index in [0.29, 0.717) is 35.5 Å². The first-order valence-corrected chi connectivity index (χ1v) is 19.2. The number of aliphatic hydroxyl groups excluding tert-OH is 1. The molecular weight excluding hydrogens is 800 g/mol. The number of nitrogens with zero attached hydrogens (tertiary/aromatic N) is 5. The van der Waals surface area contributed by atoms with Gasteiger partial charge in [-0.15, -0.1) is 0 Å². The normalized spacial score (nSPS) is 15.6. The van der Waals surface area contributed by atoms with Crippen LogP contribution >= 0.6 is 27.5 Å². The monoisotopic (exact) mass is 836 g/mol. The molecule has 56 heavy (non-hydrogen) atoms. The number of aliphatic imine (C=N–C) groups is 1. The number of aliphatic hydroxyl groups is 1. The number of nitrogens with one attached hydrogen (secondary N) is 1. The summed E-state index contributed by atoms with van der Waals surface area (Å²) >= 11 is 10.7. The van der Waals surface area contributed by atoms with Crippen molar-refractivity contribution in [1.82, 2.24) is 20.3 Å². The lowest BCUT2D eigenvalue weighted by Gasteiger charge is -2.23. The fraction of sp³-hybridized carbons (Fsp3) is 0.286. The molecule has 0 unspecified atom stereocenters. The molecule has 0 radical (unpaired) electrons. The Kier molecular flexibility index (Phi) is 11.5. The molecule has 5 aromatic rings. The molecule has 0 saturated heterocycles. The van der Waals surface area contributed by atoms with Crippen LogP contribution in [0.3, 0.4) is 0 Å². The summed E-state index contributed by atoms with van der Waals surface area (Å²) in [5.74, 6) is 0.541. The second kappa shape index (κ2) is 16.7. The van der Waals surface area contributed by atoms with Crippen LogP contribution in [0.25, 0.3) is 22.4 Å². The van der Waals surface area contributed by atoms with Gasteiger partial charge in [-0.3, -0.25) is 14.8 Å². The SMILES string of the molecule is COc1nc(-c2cccc(-c3cccc4c3CC[C@@H]4Oc3nc(OCc4cncc(C#N)c4)c(CC[C@@](C)(CO)C(=O)O)cc3Cl)c2Br)ccc1C1=NCCN1. The Hall–Kier alpha value is -5.55. The molecule has 3 aromatic heterocycles. The van der Waals surface area contributed by atoms with E-state index in [0.717, 1.165) is 62.3 Å². The third kappa shape index (κ3) is 7.91. The molecule has 286 valence electrons. The van der Waals surface area contributed by atoms with Crippen LogP contribution in [0.1, 0.15) is 59.3 Å². The minimum Gasteiger partial charge on any atom is -0.481 e. The largest absolute Gasteiger partial charge is 0.481 e. The van der Waals surface area contributed by atoms with Gasteiger partial charge in [0.25, 0.3) is 0 Å². The lowest BCUT2D eigenvalue weighted by atomic mass is 9.85. The van der Waals surface area contributed by atoms with E-state index in [1.54, 1.807) is 25.4 Å². The zero-order valence-corrected chi connectivity index (χ0v) is 33.0. The van der Waals surface area contributed by atoms with Gasteiger partial charge >= 0.3 is 5.97 Å². The van der Waals surface area contributed by atoms with E-state index < -0.39 is 18.0 Å². The van der Waals surface area contributed by atoms with E-state index in [-0.39, 0.29) is 42.3 Å². The van der Waals surface area contributed by atoms with Crippen LogP contribution in [0.2, 0.25) is 5.02 Å². The molecule has 2 aromatic carbocycles. The van der Waals surface area contributed by atoms with E-state index in [2.05, 4.69) is 55.5 Å². The summed E-state index contributed by atoms with van der Waals surface area (Å²) in [7, 11) is 1.61. The van der Waals surface area contributed by atoms with Gasteiger partial charge in [-0.1, -0.05) is 48.0 Å². The van der Waals surface area contributed by atoms with Crippen LogP contribution < -0.4 is 19.5 Å². The van der Waals surface area contributed by atoms with Gasteiger partial charge in [0, 0.05) is 40.1 Å². The second-order valence-corrected chi connectivity index (χ2v) is 15.0. The Labute approximate surface area is 337 Å². The average molecular weight is 838 g/mol. The highest BCUT2D eigenvalue weighted by Crippen LogP contribution is 2.45. The highest BCUT2D eigenvalue weighted by Gasteiger charge is 2.33. The van der Waals surface area contributed by atoms with Crippen LogP contribution in [0.15, 0.2) is 82.5 Å². The average Bonchev–Trinajstić information content (AvgIpc) is 3.91. The van der Waals surface area contributed by atoms with E-state index in [1.807, 2.05) is 30.3 Å². The van der Waals surface area contributed by atoms with Crippen molar-refractivity contribution in [2.75, 3.05) is 26.8 Å². The summed E-state index contributed by atoms with van der Waals surface area (Å²) in [5.41, 5.74) is 6.93. The fourth-order valence-electron chi connectivity index (χ4n) is 6.89. The van der Waals surface area contributed by atoms with Crippen molar-refractivity contribution in [1.29, 1.82) is 5.26 Å². The van der Waals surface area contributed by atoms with Crippen LogP contribution in [0.4, 0.5) is 0 Å². The first-order valence-electron chi connectivity index (χ1n) is 18.0. The number of hydrogen-bond donors (Lipinski definition) is 3. The number of nitriles is 1. The summed E-state index contributed by atoms with van der Waals surface area (Å²) in [5, 5.41) is 32.5. The molecule has 2 aliphatic rings. The number of benzene rings is 2. The predicted octanol–water partition coefficient (Wildman–Crippen LogP) is 7.51. The number of methoxy groups -OCH3 is 1. The molecular formula is C42H38BrClN6O6. The van der Waals surface area contributed by atoms with Gasteiger partial charge in [0.1, 0.15) is 29.6 Å². The number of carboxylic acids is 1. The van der Waals surface area contributed by atoms with Crippen LogP contribution in [0, 0.1) is 16.7 Å². The van der Waals surface area contributed by atoms with Crippen molar-refractivity contribution in [3.8, 4) is 46.1 Å². The van der Waals surface area contributed by atoms with Gasteiger partial charge in [-0.05, 0) is 95.1 Å². The molecule has 1 aliphatic carbocycles. The van der Waals surface area contributed by atoms with Crippen molar-refractivity contribution >= 4 is 39.3 Å².